The fourth-order valence-electron chi connectivity index (χ4n) is 5.54. The van der Waals surface area contributed by atoms with Gasteiger partial charge in [0.2, 0.25) is 0 Å². The number of H-pyrrole nitrogens is 1. The minimum Gasteiger partial charge on any atom is -0.381 e. The predicted molar refractivity (Wildman–Crippen MR) is 138 cm³/mol. The molecular weight excluding hydrogens is 477 g/mol. The molecule has 2 saturated heterocycles. The van der Waals surface area contributed by atoms with Gasteiger partial charge in [0.05, 0.1) is 24.0 Å². The van der Waals surface area contributed by atoms with Crippen LogP contribution in [-0.4, -0.2) is 87.3 Å². The van der Waals surface area contributed by atoms with Gasteiger partial charge in [0.25, 0.3) is 5.91 Å². The normalized spacial score (nSPS) is 21.9. The van der Waals surface area contributed by atoms with E-state index in [1.54, 1.807) is 0 Å². The molecule has 2 aromatic rings. The number of fused-ring (bicyclic) bond motifs is 1. The van der Waals surface area contributed by atoms with Crippen LogP contribution in [0, 0.1) is 11.7 Å². The third-order valence-corrected chi connectivity index (χ3v) is 7.71. The molecular formula is C26H38FN7O3. The summed E-state index contributed by atoms with van der Waals surface area (Å²) in [5.41, 5.74) is 1.04. The van der Waals surface area contributed by atoms with E-state index in [1.807, 2.05) is 23.6 Å². The summed E-state index contributed by atoms with van der Waals surface area (Å²) in [6.45, 7) is 11.6. The van der Waals surface area contributed by atoms with Crippen molar-refractivity contribution in [1.29, 1.82) is 0 Å². The van der Waals surface area contributed by atoms with Crippen molar-refractivity contribution in [1.82, 2.24) is 29.9 Å². The Labute approximate surface area is 217 Å². The van der Waals surface area contributed by atoms with E-state index in [4.69, 9.17) is 4.74 Å². The highest BCUT2D eigenvalue weighted by Gasteiger charge is 2.46. The monoisotopic (exact) mass is 515 g/mol. The Balaban J connectivity index is 0.00000320. The molecule has 0 unspecified atom stereocenters. The van der Waals surface area contributed by atoms with Crippen LogP contribution in [0.25, 0.3) is 0 Å². The van der Waals surface area contributed by atoms with Crippen molar-refractivity contribution >= 4 is 17.8 Å². The summed E-state index contributed by atoms with van der Waals surface area (Å²) < 4.78 is 18.6. The molecule has 2 aromatic heterocycles. The molecule has 0 aliphatic carbocycles. The molecule has 0 radical (unpaired) electrons. The number of nitrogens with one attached hydrogen (secondary N) is 2. The smallest absolute Gasteiger partial charge is 0.321 e. The second-order valence-corrected chi connectivity index (χ2v) is 10.5. The van der Waals surface area contributed by atoms with E-state index in [0.29, 0.717) is 24.8 Å². The molecule has 1 atom stereocenters. The van der Waals surface area contributed by atoms with Crippen LogP contribution in [0.2, 0.25) is 0 Å². The van der Waals surface area contributed by atoms with E-state index in [0.717, 1.165) is 63.1 Å². The van der Waals surface area contributed by atoms with Crippen molar-refractivity contribution in [2.24, 2.45) is 5.92 Å². The van der Waals surface area contributed by atoms with Gasteiger partial charge < -0.3 is 19.9 Å². The zero-order chi connectivity index (χ0) is 25.4. The summed E-state index contributed by atoms with van der Waals surface area (Å²) in [7, 11) is 0. The molecule has 3 aliphatic heterocycles. The van der Waals surface area contributed by atoms with E-state index in [1.165, 1.54) is 12.1 Å². The molecule has 5 heterocycles. The van der Waals surface area contributed by atoms with E-state index < -0.39 is 17.3 Å². The summed E-state index contributed by atoms with van der Waals surface area (Å²) in [5.74, 6) is 0.0312. The van der Waals surface area contributed by atoms with Crippen molar-refractivity contribution in [3.63, 3.8) is 0 Å². The Morgan fingerprint density at radius 2 is 2.00 bits per heavy atom. The van der Waals surface area contributed by atoms with Gasteiger partial charge in [0, 0.05) is 51.0 Å². The third-order valence-electron chi connectivity index (χ3n) is 7.71. The highest BCUT2D eigenvalue weighted by molar-refractivity contribution is 6.02. The number of piperazine rings is 1. The lowest BCUT2D eigenvalue weighted by atomic mass is 9.99. The first-order valence-electron chi connectivity index (χ1n) is 12.6. The van der Waals surface area contributed by atoms with Crippen LogP contribution in [0.3, 0.4) is 0 Å². The fraction of sp³-hybridized carbons (Fsp3) is 0.615. The number of carbonyl (C=O) groups excluding carboxylic acids is 2. The highest BCUT2D eigenvalue weighted by Crippen LogP contribution is 2.41. The number of hydrogen-bond donors (Lipinski definition) is 2. The average molecular weight is 516 g/mol. The molecule has 2 fully saturated rings. The van der Waals surface area contributed by atoms with Crippen LogP contribution in [-0.2, 0) is 16.8 Å². The van der Waals surface area contributed by atoms with Gasteiger partial charge in [0.15, 0.2) is 5.82 Å². The maximum Gasteiger partial charge on any atom is 0.321 e. The highest BCUT2D eigenvalue weighted by atomic mass is 19.1. The maximum atomic E-state index is 13.7. The Kier molecular flexibility index (Phi) is 7.84. The van der Waals surface area contributed by atoms with Crippen molar-refractivity contribution in [2.45, 2.75) is 59.2 Å². The van der Waals surface area contributed by atoms with Crippen LogP contribution < -0.4 is 5.32 Å². The second kappa shape index (κ2) is 10.7. The SMILES string of the molecule is C.C[C@H]1CN(CC2CCOCC2)CCN1C(=O)N1Cc2c(NC(=O)c3ccc(F)cn3)n[nH]c2C1(C)C. The molecule has 3 aliphatic rings. The van der Waals surface area contributed by atoms with Gasteiger partial charge in [0.1, 0.15) is 11.5 Å². The van der Waals surface area contributed by atoms with E-state index in [-0.39, 0.29) is 25.2 Å². The standard InChI is InChI=1S/C25H34FN7O3.CH4/c1-16-13-31(14-17-6-10-36-11-7-17)8-9-32(16)24(35)33-15-19-21(25(33,2)3)29-30-22(19)28-23(34)20-5-4-18(26)12-27-20;/h4-5,12,16-17H,6-11,13-15H2,1-3H3,(H2,28,29,30,34);1H4/t16-;/m0./s1. The lowest BCUT2D eigenvalue weighted by Gasteiger charge is -2.44. The molecule has 37 heavy (non-hydrogen) atoms. The third kappa shape index (κ3) is 5.33. The van der Waals surface area contributed by atoms with Gasteiger partial charge in [-0.1, -0.05) is 7.43 Å². The molecule has 0 spiro atoms. The number of pyridine rings is 1. The zero-order valence-corrected chi connectivity index (χ0v) is 21.1. The first kappa shape index (κ1) is 27.0. The van der Waals surface area contributed by atoms with Gasteiger partial charge in [-0.2, -0.15) is 5.10 Å². The Morgan fingerprint density at radius 1 is 1.24 bits per heavy atom. The molecule has 0 aromatic carbocycles. The Hall–Kier alpha value is -3.05. The predicted octanol–water partition coefficient (Wildman–Crippen LogP) is 3.44. The minimum atomic E-state index is -0.616. The number of amides is 3. The minimum absolute atomic E-state index is 0. The average Bonchev–Trinajstić information content (AvgIpc) is 3.37. The van der Waals surface area contributed by atoms with E-state index in [9.17, 15) is 14.0 Å². The number of anilines is 1. The van der Waals surface area contributed by atoms with Crippen molar-refractivity contribution in [3.8, 4) is 0 Å². The number of carbonyl (C=O) groups is 2. The maximum absolute atomic E-state index is 13.7. The largest absolute Gasteiger partial charge is 0.381 e. The van der Waals surface area contributed by atoms with Gasteiger partial charge in [-0.15, -0.1) is 0 Å². The first-order chi connectivity index (χ1) is 17.2. The van der Waals surface area contributed by atoms with Gasteiger partial charge in [-0.25, -0.2) is 14.2 Å². The van der Waals surface area contributed by atoms with Crippen molar-refractivity contribution < 1.29 is 18.7 Å². The summed E-state index contributed by atoms with van der Waals surface area (Å²) >= 11 is 0. The molecule has 11 heteroatoms. The molecule has 0 bridgehead atoms. The number of aromatic amines is 1. The van der Waals surface area contributed by atoms with Crippen LogP contribution in [0.5, 0.6) is 0 Å². The number of ether oxygens (including phenoxy) is 1. The lowest BCUT2D eigenvalue weighted by Crippen LogP contribution is -2.59. The number of nitrogens with zero attached hydrogens (tertiary/aromatic N) is 5. The first-order valence-corrected chi connectivity index (χ1v) is 12.6. The van der Waals surface area contributed by atoms with Crippen LogP contribution in [0.4, 0.5) is 15.0 Å². The Bertz CT molecular complexity index is 1110. The lowest BCUT2D eigenvalue weighted by molar-refractivity contribution is 0.0290. The summed E-state index contributed by atoms with van der Waals surface area (Å²) in [5, 5.41) is 10.0. The van der Waals surface area contributed by atoms with Gasteiger partial charge in [-0.05, 0) is 51.7 Å². The Morgan fingerprint density at radius 3 is 2.68 bits per heavy atom. The number of aromatic nitrogens is 3. The fourth-order valence-corrected chi connectivity index (χ4v) is 5.54. The van der Waals surface area contributed by atoms with Crippen LogP contribution in [0.15, 0.2) is 18.3 Å². The quantitative estimate of drug-likeness (QED) is 0.646. The zero-order valence-electron chi connectivity index (χ0n) is 21.1. The van der Waals surface area contributed by atoms with E-state index >= 15 is 0 Å². The summed E-state index contributed by atoms with van der Waals surface area (Å²) in [6.07, 6.45) is 3.21. The second-order valence-electron chi connectivity index (χ2n) is 10.5. The van der Waals surface area contributed by atoms with E-state index in [2.05, 4.69) is 32.3 Å². The molecule has 10 nitrogen and oxygen atoms in total. The van der Waals surface area contributed by atoms with Gasteiger partial charge >= 0.3 is 6.03 Å². The summed E-state index contributed by atoms with van der Waals surface area (Å²) in [4.78, 5) is 36.4. The number of urea groups is 1. The number of halogens is 1. The topological polar surface area (TPSA) is 107 Å². The molecule has 202 valence electrons. The molecule has 3 amide bonds. The van der Waals surface area contributed by atoms with Crippen LogP contribution in [0.1, 0.15) is 62.8 Å². The molecule has 2 N–H and O–H groups in total. The van der Waals surface area contributed by atoms with Gasteiger partial charge in [-0.3, -0.25) is 14.8 Å². The molecule has 5 rings (SSSR count). The summed E-state index contributed by atoms with van der Waals surface area (Å²) in [6, 6.07) is 2.59. The molecule has 0 saturated carbocycles. The van der Waals surface area contributed by atoms with Crippen molar-refractivity contribution in [3.05, 3.63) is 41.1 Å². The van der Waals surface area contributed by atoms with Crippen molar-refractivity contribution in [2.75, 3.05) is 44.7 Å². The number of hydrogen-bond acceptors (Lipinski definition) is 6. The number of rotatable bonds is 4. The van der Waals surface area contributed by atoms with Crippen LogP contribution >= 0.6 is 0 Å².